The first-order valence-electron chi connectivity index (χ1n) is 2.91. The number of imidazole rings is 1. The van der Waals surface area contributed by atoms with Crippen LogP contribution in [0, 0.1) is 0 Å². The molecule has 0 saturated carbocycles. The van der Waals surface area contributed by atoms with Gasteiger partial charge in [-0.3, -0.25) is 4.79 Å². The molecule has 0 aliphatic carbocycles. The van der Waals surface area contributed by atoms with E-state index in [1.807, 2.05) is 0 Å². The Balaban J connectivity index is -0.000000403. The molecule has 0 unspecified atom stereocenters. The number of carboxylic acids is 1. The van der Waals surface area contributed by atoms with Crippen LogP contribution in [0.25, 0.3) is 0 Å². The van der Waals surface area contributed by atoms with Crippen molar-refractivity contribution in [3.8, 4) is 0 Å². The van der Waals surface area contributed by atoms with Gasteiger partial charge in [-0.25, -0.2) is 4.98 Å². The van der Waals surface area contributed by atoms with E-state index >= 15 is 0 Å². The molecule has 0 radical (unpaired) electrons. The summed E-state index contributed by atoms with van der Waals surface area (Å²) in [6, 6.07) is 0. The molecule has 0 aliphatic rings. The molecular weight excluding hydrogens is 172 g/mol. The van der Waals surface area contributed by atoms with Gasteiger partial charge in [-0.2, -0.15) is 0 Å². The fourth-order valence-corrected chi connectivity index (χ4v) is 0.627. The van der Waals surface area contributed by atoms with Gasteiger partial charge in [-0.1, -0.05) is 0 Å². The van der Waals surface area contributed by atoms with Crippen LogP contribution in [0.1, 0.15) is 8.55 Å². The van der Waals surface area contributed by atoms with Gasteiger partial charge in [0.25, 0.3) is 0 Å². The molecule has 1 heterocycles. The van der Waals surface area contributed by atoms with Crippen molar-refractivity contribution < 1.29 is 17.5 Å². The number of hydrogen-bond donors (Lipinski definition) is 1. The van der Waals surface area contributed by atoms with Crippen LogP contribution in [0.2, 0.25) is 0 Å². The van der Waals surface area contributed by atoms with Crippen molar-refractivity contribution in [2.45, 2.75) is 6.42 Å². The van der Waals surface area contributed by atoms with E-state index in [1.165, 1.54) is 12.5 Å². The zero-order valence-corrected chi connectivity index (χ0v) is 7.66. The molecule has 5 nitrogen and oxygen atoms in total. The molecule has 0 atom stereocenters. The topological polar surface area (TPSA) is 85.9 Å². The van der Waals surface area contributed by atoms with Gasteiger partial charge in [0, 0.05) is 11.9 Å². The third-order valence-corrected chi connectivity index (χ3v) is 1.13. The minimum Gasteiger partial charge on any atom is -1.00 e. The number of rotatable bonds is 3. The first-order valence-corrected chi connectivity index (χ1v) is 2.91. The molecule has 0 spiro atoms. The van der Waals surface area contributed by atoms with Gasteiger partial charge in [0.05, 0.1) is 12.7 Å². The second kappa shape index (κ2) is 4.89. The predicted octanol–water partition coefficient (Wildman–Crippen LogP) is -1.88. The van der Waals surface area contributed by atoms with Crippen LogP contribution in [0.5, 0.6) is 0 Å². The van der Waals surface area contributed by atoms with Gasteiger partial charge in [-0.05, 0) is 0 Å². The number of Topliss-reactive ketones (excluding diaryl/α,β-unsaturated/α-hetero) is 1. The number of nitrogens with zero attached hydrogens (tertiary/aromatic N) is 1. The van der Waals surface area contributed by atoms with E-state index in [1.54, 1.807) is 0 Å². The van der Waals surface area contributed by atoms with Crippen LogP contribution < -0.4 is 5.11 Å². The standard InChI is InChI=1S/C6H6N2O3.Mg.2H/c9-5(6(10)11)1-4-2-7-3-8-4;;;/h2-3H,1H2,(H,7,8)(H,10,11);;;/q;+2;2*-1/p-1. The molecule has 1 rings (SSSR count). The summed E-state index contributed by atoms with van der Waals surface area (Å²) >= 11 is 0. The maximum Gasteiger partial charge on any atom is 2.00 e. The summed E-state index contributed by atoms with van der Waals surface area (Å²) < 4.78 is 0. The van der Waals surface area contributed by atoms with E-state index in [4.69, 9.17) is 0 Å². The van der Waals surface area contributed by atoms with E-state index in [0.717, 1.165) is 0 Å². The summed E-state index contributed by atoms with van der Waals surface area (Å²) in [7, 11) is 0. The molecule has 1 N–H and O–H groups in total. The minimum absolute atomic E-state index is 0. The van der Waals surface area contributed by atoms with Crippen molar-refractivity contribution in [3.63, 3.8) is 0 Å². The fourth-order valence-electron chi connectivity index (χ4n) is 0.627. The second-order valence-corrected chi connectivity index (χ2v) is 1.96. The molecule has 1 aromatic rings. The van der Waals surface area contributed by atoms with Crippen molar-refractivity contribution >= 4 is 34.8 Å². The second-order valence-electron chi connectivity index (χ2n) is 1.96. The Labute approximate surface area is 87.3 Å². The number of hydrogen-bond acceptors (Lipinski definition) is 4. The molecule has 0 aliphatic heterocycles. The maximum atomic E-state index is 10.5. The van der Waals surface area contributed by atoms with Gasteiger partial charge in [0.15, 0.2) is 5.78 Å². The Bertz CT molecular complexity index is 279. The first-order chi connectivity index (χ1) is 5.20. The summed E-state index contributed by atoms with van der Waals surface area (Å²) in [5.41, 5.74) is 0.471. The van der Waals surface area contributed by atoms with Gasteiger partial charge in [-0.15, -0.1) is 0 Å². The van der Waals surface area contributed by atoms with Crippen LogP contribution in [-0.4, -0.2) is 44.8 Å². The summed E-state index contributed by atoms with van der Waals surface area (Å²) in [5, 5.41) is 9.93. The average Bonchev–Trinajstić information content (AvgIpc) is 2.39. The van der Waals surface area contributed by atoms with Crippen molar-refractivity contribution in [2.75, 3.05) is 0 Å². The number of aromatic nitrogens is 2. The largest absolute Gasteiger partial charge is 2.00 e. The van der Waals surface area contributed by atoms with E-state index < -0.39 is 11.8 Å². The Morgan fingerprint density at radius 3 is 2.75 bits per heavy atom. The Kier molecular flexibility index (Phi) is 4.53. The molecule has 0 amide bonds. The van der Waals surface area contributed by atoms with Crippen LogP contribution in [0.3, 0.4) is 0 Å². The zero-order chi connectivity index (χ0) is 8.27. The SMILES string of the molecule is O=C([O-])C(=O)Cc1cnc[nH]1.[H-].[H-].[Mg+2]. The smallest absolute Gasteiger partial charge is 1.00 e. The molecule has 12 heavy (non-hydrogen) atoms. The molecule has 1 aromatic heterocycles. The maximum absolute atomic E-state index is 10.5. The Morgan fingerprint density at radius 2 is 2.33 bits per heavy atom. The predicted molar refractivity (Wildman–Crippen MR) is 40.3 cm³/mol. The van der Waals surface area contributed by atoms with Crippen LogP contribution >= 0.6 is 0 Å². The molecule has 0 fully saturated rings. The number of ketones is 1. The summed E-state index contributed by atoms with van der Waals surface area (Å²) in [5.74, 6) is -2.62. The number of H-pyrrole nitrogens is 1. The molecule has 6 heteroatoms. The number of aliphatic carboxylic acids is 1. The first kappa shape index (κ1) is 11.1. The third kappa shape index (κ3) is 3.01. The summed E-state index contributed by atoms with van der Waals surface area (Å²) in [6.45, 7) is 0. The van der Waals surface area contributed by atoms with Crippen LogP contribution in [-0.2, 0) is 16.0 Å². The van der Waals surface area contributed by atoms with Gasteiger partial charge in [0.2, 0.25) is 0 Å². The molecule has 0 aromatic carbocycles. The summed E-state index contributed by atoms with van der Waals surface area (Å²) in [4.78, 5) is 26.6. The van der Waals surface area contributed by atoms with Crippen molar-refractivity contribution in [2.24, 2.45) is 0 Å². The van der Waals surface area contributed by atoms with E-state index in [0.29, 0.717) is 5.69 Å². The minimum atomic E-state index is -1.67. The van der Waals surface area contributed by atoms with Gasteiger partial charge >= 0.3 is 23.1 Å². The number of nitrogens with one attached hydrogen (secondary N) is 1. The van der Waals surface area contributed by atoms with Crippen LogP contribution in [0.15, 0.2) is 12.5 Å². The van der Waals surface area contributed by atoms with Crippen molar-refractivity contribution in [3.05, 3.63) is 18.2 Å². The number of aromatic amines is 1. The number of carbonyl (C=O) groups is 2. The van der Waals surface area contributed by atoms with Crippen LogP contribution in [0.4, 0.5) is 0 Å². The number of carboxylic acid groups (broad SMARTS) is 1. The van der Waals surface area contributed by atoms with Crippen molar-refractivity contribution in [1.82, 2.24) is 9.97 Å². The quantitative estimate of drug-likeness (QED) is 0.434. The van der Waals surface area contributed by atoms with Crippen molar-refractivity contribution in [1.29, 1.82) is 0 Å². The van der Waals surface area contributed by atoms with E-state index in [2.05, 4.69) is 9.97 Å². The Hall–Kier alpha value is -0.884. The monoisotopic (exact) mass is 179 g/mol. The van der Waals surface area contributed by atoms with Gasteiger partial charge in [0.1, 0.15) is 5.97 Å². The average molecular weight is 179 g/mol. The Morgan fingerprint density at radius 1 is 1.67 bits per heavy atom. The molecule has 62 valence electrons. The third-order valence-electron chi connectivity index (χ3n) is 1.13. The molecule has 0 saturated heterocycles. The number of carbonyl (C=O) groups excluding carboxylic acids is 2. The fraction of sp³-hybridized carbons (Fsp3) is 0.167. The summed E-state index contributed by atoms with van der Waals surface area (Å²) in [6.07, 6.45) is 2.57. The van der Waals surface area contributed by atoms with E-state index in [9.17, 15) is 14.7 Å². The molecular formula is C6H7MgN2O3-. The zero-order valence-electron chi connectivity index (χ0n) is 8.24. The van der Waals surface area contributed by atoms with Gasteiger partial charge < -0.3 is 17.7 Å². The molecule has 0 bridgehead atoms. The normalized spacial score (nSPS) is 8.67. The van der Waals surface area contributed by atoms with E-state index in [-0.39, 0.29) is 32.3 Å².